The highest BCUT2D eigenvalue weighted by Crippen LogP contribution is 2.31. The van der Waals surface area contributed by atoms with E-state index in [1.165, 1.54) is 19.2 Å². The summed E-state index contributed by atoms with van der Waals surface area (Å²) in [4.78, 5) is 18.3. The van der Waals surface area contributed by atoms with Gasteiger partial charge in [-0.05, 0) is 48.4 Å². The predicted molar refractivity (Wildman–Crippen MR) is 100 cm³/mol. The van der Waals surface area contributed by atoms with Gasteiger partial charge in [0.2, 0.25) is 0 Å². The first-order valence-corrected chi connectivity index (χ1v) is 8.52. The Morgan fingerprint density at radius 1 is 1.22 bits per heavy atom. The minimum Gasteiger partial charge on any atom is -0.496 e. The molecule has 0 aliphatic rings. The number of aromatic nitrogens is 3. The van der Waals surface area contributed by atoms with E-state index in [9.17, 15) is 9.18 Å². The number of carbonyl (C=O) groups excluding carboxylic acids is 1. The number of carbonyl (C=O) groups is 1. The highest BCUT2D eigenvalue weighted by Gasteiger charge is 2.19. The van der Waals surface area contributed by atoms with Crippen molar-refractivity contribution in [3.63, 3.8) is 0 Å². The van der Waals surface area contributed by atoms with Crippen LogP contribution in [0.1, 0.15) is 16.1 Å². The molecule has 0 N–H and O–H groups in total. The number of nitrogens with zero attached hydrogens (tertiary/aromatic N) is 4. The molecule has 3 rings (SSSR count). The Morgan fingerprint density at radius 3 is 2.67 bits per heavy atom. The zero-order valence-corrected chi connectivity index (χ0v) is 15.5. The standard InChI is InChI=1S/C20H21FN4O2/c1-24(11-8-14-6-9-22-10-7-14)20(26)17-13-18(25(2)23-17)16-12-15(21)4-5-19(16)27-3/h4-7,9-10,12-13H,8,11H2,1-3H3. The van der Waals surface area contributed by atoms with Gasteiger partial charge in [0.1, 0.15) is 11.6 Å². The van der Waals surface area contributed by atoms with E-state index in [0.29, 0.717) is 29.2 Å². The lowest BCUT2D eigenvalue weighted by Gasteiger charge is -2.15. The second-order valence-electron chi connectivity index (χ2n) is 6.22. The van der Waals surface area contributed by atoms with Crippen molar-refractivity contribution < 1.29 is 13.9 Å². The van der Waals surface area contributed by atoms with Gasteiger partial charge in [-0.1, -0.05) is 0 Å². The molecule has 0 fully saturated rings. The second-order valence-corrected chi connectivity index (χ2v) is 6.22. The molecule has 1 aromatic carbocycles. The van der Waals surface area contributed by atoms with Crippen molar-refractivity contribution in [3.8, 4) is 17.0 Å². The number of hydrogen-bond acceptors (Lipinski definition) is 4. The molecule has 2 aromatic heterocycles. The van der Waals surface area contributed by atoms with Crippen molar-refractivity contribution >= 4 is 5.91 Å². The van der Waals surface area contributed by atoms with Crippen molar-refractivity contribution in [2.24, 2.45) is 7.05 Å². The van der Waals surface area contributed by atoms with Gasteiger partial charge in [0.05, 0.1) is 12.8 Å². The molecule has 0 spiro atoms. The van der Waals surface area contributed by atoms with Crippen molar-refractivity contribution in [3.05, 3.63) is 65.9 Å². The van der Waals surface area contributed by atoms with Crippen molar-refractivity contribution in [1.29, 1.82) is 0 Å². The number of pyridine rings is 1. The highest BCUT2D eigenvalue weighted by atomic mass is 19.1. The Balaban J connectivity index is 1.79. The average molecular weight is 368 g/mol. The van der Waals surface area contributed by atoms with E-state index in [4.69, 9.17) is 4.74 Å². The van der Waals surface area contributed by atoms with Crippen LogP contribution in [0.5, 0.6) is 5.75 Å². The predicted octanol–water partition coefficient (Wildman–Crippen LogP) is 2.94. The van der Waals surface area contributed by atoms with Gasteiger partial charge in [0, 0.05) is 38.6 Å². The van der Waals surface area contributed by atoms with E-state index in [1.54, 1.807) is 48.2 Å². The first kappa shape index (κ1) is 18.6. The Bertz CT molecular complexity index is 940. The zero-order chi connectivity index (χ0) is 19.4. The van der Waals surface area contributed by atoms with Gasteiger partial charge >= 0.3 is 0 Å². The summed E-state index contributed by atoms with van der Waals surface area (Å²) in [5.74, 6) is -0.0555. The van der Waals surface area contributed by atoms with Crippen LogP contribution in [0.15, 0.2) is 48.8 Å². The average Bonchev–Trinajstić information content (AvgIpc) is 3.07. The van der Waals surface area contributed by atoms with Crippen LogP contribution in [-0.4, -0.2) is 46.3 Å². The molecule has 3 aromatic rings. The molecular weight excluding hydrogens is 347 g/mol. The number of halogens is 1. The lowest BCUT2D eigenvalue weighted by Crippen LogP contribution is -2.29. The Labute approximate surface area is 157 Å². The summed E-state index contributed by atoms with van der Waals surface area (Å²) >= 11 is 0. The lowest BCUT2D eigenvalue weighted by atomic mass is 10.1. The summed E-state index contributed by atoms with van der Waals surface area (Å²) in [6.07, 6.45) is 4.19. The largest absolute Gasteiger partial charge is 0.496 e. The van der Waals surface area contributed by atoms with Crippen LogP contribution in [0.25, 0.3) is 11.3 Å². The van der Waals surface area contributed by atoms with Crippen molar-refractivity contribution in [1.82, 2.24) is 19.7 Å². The summed E-state index contributed by atoms with van der Waals surface area (Å²) in [6.45, 7) is 0.554. The number of methoxy groups -OCH3 is 1. The molecule has 0 aliphatic heterocycles. The van der Waals surface area contributed by atoms with Crippen molar-refractivity contribution in [2.75, 3.05) is 20.7 Å². The van der Waals surface area contributed by atoms with E-state index in [1.807, 2.05) is 12.1 Å². The maximum absolute atomic E-state index is 13.7. The van der Waals surface area contributed by atoms with Gasteiger partial charge in [-0.2, -0.15) is 5.10 Å². The monoisotopic (exact) mass is 368 g/mol. The fourth-order valence-electron chi connectivity index (χ4n) is 2.85. The van der Waals surface area contributed by atoms with Gasteiger partial charge < -0.3 is 9.64 Å². The number of ether oxygens (including phenoxy) is 1. The molecule has 0 bridgehead atoms. The smallest absolute Gasteiger partial charge is 0.274 e. The molecule has 0 saturated heterocycles. The maximum atomic E-state index is 13.7. The molecular formula is C20H21FN4O2. The first-order chi connectivity index (χ1) is 13.0. The van der Waals surface area contributed by atoms with Gasteiger partial charge in [-0.3, -0.25) is 14.5 Å². The third kappa shape index (κ3) is 4.13. The molecule has 2 heterocycles. The Hall–Kier alpha value is -3.22. The van der Waals surface area contributed by atoms with Gasteiger partial charge in [0.25, 0.3) is 5.91 Å². The molecule has 7 heteroatoms. The molecule has 0 unspecified atom stereocenters. The highest BCUT2D eigenvalue weighted by molar-refractivity contribution is 5.93. The normalized spacial score (nSPS) is 10.7. The third-order valence-electron chi connectivity index (χ3n) is 4.37. The lowest BCUT2D eigenvalue weighted by molar-refractivity contribution is 0.0790. The number of aryl methyl sites for hydroxylation is 1. The Kier molecular flexibility index (Phi) is 5.49. The summed E-state index contributed by atoms with van der Waals surface area (Å²) in [6, 6.07) is 9.76. The second kappa shape index (κ2) is 7.99. The number of amides is 1. The van der Waals surface area contributed by atoms with E-state index in [-0.39, 0.29) is 11.7 Å². The van der Waals surface area contributed by atoms with E-state index in [2.05, 4.69) is 10.1 Å². The van der Waals surface area contributed by atoms with Crippen molar-refractivity contribution in [2.45, 2.75) is 6.42 Å². The summed E-state index contributed by atoms with van der Waals surface area (Å²) in [5.41, 5.74) is 2.56. The molecule has 1 amide bonds. The molecule has 0 atom stereocenters. The SMILES string of the molecule is COc1ccc(F)cc1-c1cc(C(=O)N(C)CCc2ccncc2)nn1C. The minimum absolute atomic E-state index is 0.193. The number of rotatable bonds is 6. The van der Waals surface area contributed by atoms with Crippen LogP contribution >= 0.6 is 0 Å². The fourth-order valence-corrected chi connectivity index (χ4v) is 2.85. The van der Waals surface area contributed by atoms with E-state index >= 15 is 0 Å². The molecule has 27 heavy (non-hydrogen) atoms. The van der Waals surface area contributed by atoms with Gasteiger partial charge in [-0.25, -0.2) is 4.39 Å². The van der Waals surface area contributed by atoms with Crippen LogP contribution in [0.3, 0.4) is 0 Å². The molecule has 0 saturated carbocycles. The van der Waals surface area contributed by atoms with Crippen LogP contribution < -0.4 is 4.74 Å². The zero-order valence-electron chi connectivity index (χ0n) is 15.5. The number of hydrogen-bond donors (Lipinski definition) is 0. The summed E-state index contributed by atoms with van der Waals surface area (Å²) in [7, 11) is 4.97. The first-order valence-electron chi connectivity index (χ1n) is 8.52. The topological polar surface area (TPSA) is 60.2 Å². The Morgan fingerprint density at radius 2 is 1.96 bits per heavy atom. The molecule has 6 nitrogen and oxygen atoms in total. The van der Waals surface area contributed by atoms with Crippen LogP contribution in [0.4, 0.5) is 4.39 Å². The number of likely N-dealkylation sites (N-methyl/N-ethyl adjacent to an activating group) is 1. The summed E-state index contributed by atoms with van der Waals surface area (Å²) in [5, 5.41) is 4.31. The quantitative estimate of drug-likeness (QED) is 0.671. The molecule has 0 radical (unpaired) electrons. The van der Waals surface area contributed by atoms with E-state index in [0.717, 1.165) is 12.0 Å². The van der Waals surface area contributed by atoms with Crippen LogP contribution in [0.2, 0.25) is 0 Å². The van der Waals surface area contributed by atoms with Gasteiger partial charge in [-0.15, -0.1) is 0 Å². The molecule has 0 aliphatic carbocycles. The number of benzene rings is 1. The molecule has 140 valence electrons. The van der Waals surface area contributed by atoms with Crippen LogP contribution in [0, 0.1) is 5.82 Å². The van der Waals surface area contributed by atoms with E-state index < -0.39 is 0 Å². The summed E-state index contributed by atoms with van der Waals surface area (Å²) < 4.78 is 20.6. The minimum atomic E-state index is -0.380. The van der Waals surface area contributed by atoms with Crippen LogP contribution in [-0.2, 0) is 13.5 Å². The van der Waals surface area contributed by atoms with Gasteiger partial charge in [0.15, 0.2) is 5.69 Å². The third-order valence-corrected chi connectivity index (χ3v) is 4.37. The maximum Gasteiger partial charge on any atom is 0.274 e. The fraction of sp³-hybridized carbons (Fsp3) is 0.250.